The molecule has 3 rings (SSSR count). The molecule has 2 aromatic carbocycles. The number of halogens is 2. The second kappa shape index (κ2) is 7.44. The Morgan fingerprint density at radius 2 is 1.96 bits per heavy atom. The second-order valence-electron chi connectivity index (χ2n) is 5.14. The molecule has 0 aliphatic carbocycles. The van der Waals surface area contributed by atoms with E-state index in [1.165, 1.54) is 23.4 Å². The van der Waals surface area contributed by atoms with Gasteiger partial charge in [-0.05, 0) is 35.7 Å². The fraction of sp³-hybridized carbons (Fsp3) is 0.176. The summed E-state index contributed by atoms with van der Waals surface area (Å²) in [5, 5.41) is 10.7. The van der Waals surface area contributed by atoms with E-state index in [4.69, 9.17) is 0 Å². The third kappa shape index (κ3) is 3.91. The molecule has 0 bridgehead atoms. The quantitative estimate of drug-likeness (QED) is 0.636. The molecule has 1 heterocycles. The molecular formula is C17H16F2N4S. The molecule has 0 amide bonds. The number of thioether (sulfide) groups is 1. The van der Waals surface area contributed by atoms with E-state index in [0.29, 0.717) is 22.4 Å². The van der Waals surface area contributed by atoms with Gasteiger partial charge in [0.25, 0.3) is 0 Å². The van der Waals surface area contributed by atoms with E-state index in [-0.39, 0.29) is 0 Å². The van der Waals surface area contributed by atoms with Gasteiger partial charge in [-0.3, -0.25) is 5.10 Å². The fourth-order valence-corrected chi connectivity index (χ4v) is 2.96. The van der Waals surface area contributed by atoms with Gasteiger partial charge in [0.05, 0.1) is 0 Å². The summed E-state index contributed by atoms with van der Waals surface area (Å²) >= 11 is 1.37. The highest BCUT2D eigenvalue weighted by atomic mass is 32.2. The third-order valence-electron chi connectivity index (χ3n) is 3.47. The van der Waals surface area contributed by atoms with Crippen molar-refractivity contribution in [1.29, 1.82) is 0 Å². The minimum Gasteiger partial charge on any atom is -0.323 e. The second-order valence-corrected chi connectivity index (χ2v) is 6.10. The van der Waals surface area contributed by atoms with Gasteiger partial charge in [0.15, 0.2) is 16.8 Å². The zero-order valence-corrected chi connectivity index (χ0v) is 13.8. The summed E-state index contributed by atoms with van der Waals surface area (Å²) in [6, 6.07) is 11.8. The molecule has 4 nitrogen and oxygen atoms in total. The van der Waals surface area contributed by atoms with Gasteiger partial charge in [-0.1, -0.05) is 43.0 Å². The van der Waals surface area contributed by atoms with Gasteiger partial charge in [0.2, 0.25) is 5.95 Å². The van der Waals surface area contributed by atoms with Crippen LogP contribution in [0.15, 0.2) is 47.6 Å². The number of benzene rings is 2. The predicted octanol–water partition coefficient (Wildman–Crippen LogP) is 4.68. The van der Waals surface area contributed by atoms with Gasteiger partial charge in [-0.2, -0.15) is 4.98 Å². The van der Waals surface area contributed by atoms with Crippen molar-refractivity contribution in [2.45, 2.75) is 24.3 Å². The largest absolute Gasteiger partial charge is 0.323 e. The van der Waals surface area contributed by atoms with Crippen LogP contribution in [0.25, 0.3) is 0 Å². The highest BCUT2D eigenvalue weighted by Crippen LogP contribution is 2.23. The SMILES string of the molecule is CCc1ccccc1Nc1n[nH]c(SCc2ccc(F)c(F)c2)n1. The standard InChI is InChI=1S/C17H16F2N4S/c1-2-12-5-3-4-6-15(12)20-16-21-17(23-22-16)24-10-11-7-8-13(18)14(19)9-11/h3-9H,2,10H2,1H3,(H2,20,21,22,23). The Hall–Kier alpha value is -2.41. The fourth-order valence-electron chi connectivity index (χ4n) is 2.22. The van der Waals surface area contributed by atoms with Crippen molar-refractivity contribution in [1.82, 2.24) is 15.2 Å². The molecule has 0 spiro atoms. The van der Waals surface area contributed by atoms with Gasteiger partial charge < -0.3 is 5.32 Å². The first-order valence-corrected chi connectivity index (χ1v) is 8.48. The predicted molar refractivity (Wildman–Crippen MR) is 91.4 cm³/mol. The molecule has 0 aliphatic rings. The third-order valence-corrected chi connectivity index (χ3v) is 4.40. The molecule has 0 saturated carbocycles. The molecule has 2 N–H and O–H groups in total. The van der Waals surface area contributed by atoms with Crippen LogP contribution in [0, 0.1) is 11.6 Å². The number of nitrogens with zero attached hydrogens (tertiary/aromatic N) is 2. The Morgan fingerprint density at radius 3 is 2.75 bits per heavy atom. The van der Waals surface area contributed by atoms with E-state index in [1.807, 2.05) is 24.3 Å². The molecule has 24 heavy (non-hydrogen) atoms. The van der Waals surface area contributed by atoms with Crippen LogP contribution >= 0.6 is 11.8 Å². The zero-order chi connectivity index (χ0) is 16.9. The topological polar surface area (TPSA) is 53.6 Å². The number of hydrogen-bond donors (Lipinski definition) is 2. The summed E-state index contributed by atoms with van der Waals surface area (Å²) in [7, 11) is 0. The Balaban J connectivity index is 1.64. The molecule has 3 aromatic rings. The number of aromatic nitrogens is 3. The lowest BCUT2D eigenvalue weighted by molar-refractivity contribution is 0.507. The number of anilines is 2. The number of rotatable bonds is 6. The summed E-state index contributed by atoms with van der Waals surface area (Å²) < 4.78 is 26.1. The molecule has 0 fully saturated rings. The zero-order valence-electron chi connectivity index (χ0n) is 13.0. The normalized spacial score (nSPS) is 10.8. The first kappa shape index (κ1) is 16.4. The van der Waals surface area contributed by atoms with Crippen LogP contribution in [-0.2, 0) is 12.2 Å². The van der Waals surface area contributed by atoms with Crippen molar-refractivity contribution in [3.63, 3.8) is 0 Å². The van der Waals surface area contributed by atoms with Gasteiger partial charge in [0, 0.05) is 11.4 Å². The molecule has 124 valence electrons. The smallest absolute Gasteiger partial charge is 0.247 e. The highest BCUT2D eigenvalue weighted by molar-refractivity contribution is 7.98. The van der Waals surface area contributed by atoms with Crippen LogP contribution in [0.5, 0.6) is 0 Å². The van der Waals surface area contributed by atoms with Gasteiger partial charge >= 0.3 is 0 Å². The van der Waals surface area contributed by atoms with E-state index in [9.17, 15) is 8.78 Å². The van der Waals surface area contributed by atoms with Crippen LogP contribution in [0.1, 0.15) is 18.1 Å². The number of hydrogen-bond acceptors (Lipinski definition) is 4. The number of para-hydroxylation sites is 1. The molecule has 0 aliphatic heterocycles. The van der Waals surface area contributed by atoms with E-state index in [1.54, 1.807) is 6.07 Å². The molecule has 0 radical (unpaired) electrons. The maximum atomic E-state index is 13.2. The van der Waals surface area contributed by atoms with Crippen molar-refractivity contribution in [3.8, 4) is 0 Å². The van der Waals surface area contributed by atoms with Gasteiger partial charge in [-0.25, -0.2) is 8.78 Å². The Bertz CT molecular complexity index is 835. The van der Waals surface area contributed by atoms with Gasteiger partial charge in [-0.15, -0.1) is 5.10 Å². The lowest BCUT2D eigenvalue weighted by atomic mass is 10.1. The number of aromatic amines is 1. The van der Waals surface area contributed by atoms with Crippen molar-refractivity contribution < 1.29 is 8.78 Å². The number of aryl methyl sites for hydroxylation is 1. The van der Waals surface area contributed by atoms with Crippen LogP contribution in [-0.4, -0.2) is 15.2 Å². The molecular weight excluding hydrogens is 330 g/mol. The van der Waals surface area contributed by atoms with Crippen molar-refractivity contribution in [2.24, 2.45) is 0 Å². The summed E-state index contributed by atoms with van der Waals surface area (Å²) in [4.78, 5) is 4.35. The molecule has 0 unspecified atom stereocenters. The minimum absolute atomic E-state index is 0.470. The lowest BCUT2D eigenvalue weighted by Gasteiger charge is -2.06. The Morgan fingerprint density at radius 1 is 1.12 bits per heavy atom. The number of nitrogens with one attached hydrogen (secondary N) is 2. The first-order valence-electron chi connectivity index (χ1n) is 7.49. The van der Waals surface area contributed by atoms with Crippen LogP contribution in [0.3, 0.4) is 0 Å². The minimum atomic E-state index is -0.843. The summed E-state index contributed by atoms with van der Waals surface area (Å²) in [6.07, 6.45) is 0.908. The molecule has 0 saturated heterocycles. The average molecular weight is 346 g/mol. The van der Waals surface area contributed by atoms with E-state index in [0.717, 1.165) is 18.2 Å². The molecule has 7 heteroatoms. The summed E-state index contributed by atoms with van der Waals surface area (Å²) in [5.41, 5.74) is 2.83. The van der Waals surface area contributed by atoms with Crippen LogP contribution in [0.4, 0.5) is 20.4 Å². The number of H-pyrrole nitrogens is 1. The first-order chi connectivity index (χ1) is 11.7. The van der Waals surface area contributed by atoms with Crippen LogP contribution < -0.4 is 5.32 Å². The van der Waals surface area contributed by atoms with E-state index < -0.39 is 11.6 Å². The maximum absolute atomic E-state index is 13.2. The van der Waals surface area contributed by atoms with Gasteiger partial charge in [0.1, 0.15) is 0 Å². The molecule has 0 atom stereocenters. The summed E-state index contributed by atoms with van der Waals surface area (Å²) in [6.45, 7) is 2.08. The van der Waals surface area contributed by atoms with E-state index in [2.05, 4.69) is 27.4 Å². The van der Waals surface area contributed by atoms with Crippen molar-refractivity contribution >= 4 is 23.4 Å². The van der Waals surface area contributed by atoms with Crippen molar-refractivity contribution in [3.05, 3.63) is 65.2 Å². The Labute approximate surface area is 142 Å². The lowest BCUT2D eigenvalue weighted by Crippen LogP contribution is -1.96. The highest BCUT2D eigenvalue weighted by Gasteiger charge is 2.08. The van der Waals surface area contributed by atoms with E-state index >= 15 is 0 Å². The van der Waals surface area contributed by atoms with Crippen LogP contribution in [0.2, 0.25) is 0 Å². The van der Waals surface area contributed by atoms with Crippen molar-refractivity contribution in [2.75, 3.05) is 5.32 Å². The summed E-state index contributed by atoms with van der Waals surface area (Å²) in [5.74, 6) is -0.741. The maximum Gasteiger partial charge on any atom is 0.247 e. The monoisotopic (exact) mass is 346 g/mol. The average Bonchev–Trinajstić information content (AvgIpc) is 3.04. The Kier molecular flexibility index (Phi) is 5.10. The molecule has 1 aromatic heterocycles.